The fraction of sp³-hybridized carbons (Fsp3) is 0.250. The number of nitrogens with one attached hydrogen (secondary N) is 1. The van der Waals surface area contributed by atoms with E-state index in [1.807, 2.05) is 12.1 Å². The maximum absolute atomic E-state index is 13.7. The van der Waals surface area contributed by atoms with Crippen LogP contribution in [-0.4, -0.2) is 34.3 Å². The van der Waals surface area contributed by atoms with Crippen molar-refractivity contribution in [1.82, 2.24) is 9.03 Å². The molecule has 3 aromatic carbocycles. The number of methoxy groups -OCH3 is 1. The maximum Gasteiger partial charge on any atom is 0.243 e. The monoisotopic (exact) mass is 520 g/mol. The van der Waals surface area contributed by atoms with E-state index in [0.29, 0.717) is 21.9 Å². The van der Waals surface area contributed by atoms with E-state index in [4.69, 9.17) is 16.3 Å². The molecule has 0 radical (unpaired) electrons. The first-order valence-electron chi connectivity index (χ1n) is 10.7. The summed E-state index contributed by atoms with van der Waals surface area (Å²) < 4.78 is 61.6. The van der Waals surface area contributed by atoms with Crippen molar-refractivity contribution in [3.05, 3.63) is 88.9 Å². The van der Waals surface area contributed by atoms with E-state index in [1.165, 1.54) is 35.7 Å². The fourth-order valence-corrected chi connectivity index (χ4v) is 6.39. The van der Waals surface area contributed by atoms with E-state index >= 15 is 0 Å². The summed E-state index contributed by atoms with van der Waals surface area (Å²) in [6.07, 6.45) is 1.62. The van der Waals surface area contributed by atoms with E-state index < -0.39 is 20.0 Å². The first kappa shape index (κ1) is 24.7. The molecule has 180 valence electrons. The molecular weight excluding hydrogens is 496 g/mol. The zero-order valence-electron chi connectivity index (χ0n) is 18.5. The minimum atomic E-state index is -4.01. The van der Waals surface area contributed by atoms with Crippen molar-refractivity contribution < 1.29 is 21.6 Å². The quantitative estimate of drug-likeness (QED) is 0.433. The van der Waals surface area contributed by atoms with E-state index in [1.54, 1.807) is 36.4 Å². The van der Waals surface area contributed by atoms with E-state index in [2.05, 4.69) is 4.72 Å². The second kappa shape index (κ2) is 10.1. The summed E-state index contributed by atoms with van der Waals surface area (Å²) in [5, 5.41) is 0.454. The van der Waals surface area contributed by atoms with Gasteiger partial charge in [0.15, 0.2) is 0 Å². The topological polar surface area (TPSA) is 92.8 Å². The van der Waals surface area contributed by atoms with Crippen molar-refractivity contribution in [2.45, 2.75) is 41.8 Å². The number of nitrogens with zero attached hydrogens (tertiary/aromatic N) is 1. The van der Waals surface area contributed by atoms with Gasteiger partial charge in [0.1, 0.15) is 5.75 Å². The molecule has 0 atom stereocenters. The molecule has 0 aliphatic heterocycles. The van der Waals surface area contributed by atoms with Crippen LogP contribution in [0.4, 0.5) is 0 Å². The van der Waals surface area contributed by atoms with Crippen molar-refractivity contribution in [3.63, 3.8) is 0 Å². The Morgan fingerprint density at radius 2 is 1.41 bits per heavy atom. The summed E-state index contributed by atoms with van der Waals surface area (Å²) in [6.45, 7) is 0.0736. The fourth-order valence-electron chi connectivity index (χ4n) is 3.49. The van der Waals surface area contributed by atoms with Crippen molar-refractivity contribution >= 4 is 31.6 Å². The van der Waals surface area contributed by atoms with Crippen LogP contribution in [0.25, 0.3) is 0 Å². The number of ether oxygens (including phenoxy) is 1. The van der Waals surface area contributed by atoms with Crippen LogP contribution in [0.1, 0.15) is 24.0 Å². The number of halogens is 1. The lowest BCUT2D eigenvalue weighted by molar-refractivity contribution is 0.375. The Hall–Kier alpha value is -2.43. The number of hydrogen-bond acceptors (Lipinski definition) is 5. The minimum Gasteiger partial charge on any atom is -0.496 e. The van der Waals surface area contributed by atoms with Crippen LogP contribution in [0, 0.1) is 0 Å². The summed E-state index contributed by atoms with van der Waals surface area (Å²) in [5.74, 6) is 0.564. The molecule has 3 aromatic rings. The van der Waals surface area contributed by atoms with Gasteiger partial charge in [-0.3, -0.25) is 0 Å². The molecule has 10 heteroatoms. The predicted molar refractivity (Wildman–Crippen MR) is 131 cm³/mol. The van der Waals surface area contributed by atoms with Crippen molar-refractivity contribution in [1.29, 1.82) is 0 Å². The zero-order chi connectivity index (χ0) is 24.3. The average molecular weight is 521 g/mol. The summed E-state index contributed by atoms with van der Waals surface area (Å²) in [5.41, 5.74) is 1.34. The molecule has 4 rings (SSSR count). The predicted octanol–water partition coefficient (Wildman–Crippen LogP) is 4.18. The summed E-state index contributed by atoms with van der Waals surface area (Å²) in [6, 6.07) is 19.5. The second-order valence-corrected chi connectivity index (χ2v) is 12.1. The van der Waals surface area contributed by atoms with Gasteiger partial charge < -0.3 is 4.74 Å². The summed E-state index contributed by atoms with van der Waals surface area (Å²) >= 11 is 6.32. The molecule has 1 fully saturated rings. The largest absolute Gasteiger partial charge is 0.496 e. The molecule has 0 saturated heterocycles. The van der Waals surface area contributed by atoms with Crippen LogP contribution >= 0.6 is 11.6 Å². The zero-order valence-corrected chi connectivity index (χ0v) is 20.9. The molecule has 1 aliphatic rings. The highest BCUT2D eigenvalue weighted by atomic mass is 35.5. The molecule has 0 bridgehead atoms. The van der Waals surface area contributed by atoms with E-state index in [-0.39, 0.29) is 28.9 Å². The van der Waals surface area contributed by atoms with Crippen LogP contribution in [0.5, 0.6) is 5.75 Å². The Balaban J connectivity index is 1.68. The molecular formula is C24H25ClN2O5S2. The number of para-hydroxylation sites is 1. The SMILES string of the molecule is COc1ccccc1CN(Cc1ccccc1Cl)S(=O)(=O)c1ccc(S(=O)(=O)NC2CC2)cc1. The number of benzene rings is 3. The standard InChI is InChI=1S/C24H25ClN2O5S2/c1-32-24-9-5-3-7-19(24)17-27(16-18-6-2-4-8-23(18)25)34(30,31)22-14-12-21(13-15-22)33(28,29)26-20-10-11-20/h2-9,12-15,20,26H,10-11,16-17H2,1H3. The number of sulfonamides is 2. The van der Waals surface area contributed by atoms with Crippen molar-refractivity contribution in [2.24, 2.45) is 0 Å². The van der Waals surface area contributed by atoms with Gasteiger partial charge in [0.2, 0.25) is 20.0 Å². The third-order valence-electron chi connectivity index (χ3n) is 5.51. The van der Waals surface area contributed by atoms with Gasteiger partial charge in [0.25, 0.3) is 0 Å². The lowest BCUT2D eigenvalue weighted by atomic mass is 10.2. The summed E-state index contributed by atoms with van der Waals surface area (Å²) in [7, 11) is -6.16. The summed E-state index contributed by atoms with van der Waals surface area (Å²) in [4.78, 5) is 0.0144. The van der Waals surface area contributed by atoms with Gasteiger partial charge >= 0.3 is 0 Å². The van der Waals surface area contributed by atoms with Gasteiger partial charge in [-0.2, -0.15) is 4.31 Å². The normalized spacial score (nSPS) is 14.3. The molecule has 1 saturated carbocycles. The Bertz CT molecular complexity index is 1370. The second-order valence-electron chi connectivity index (χ2n) is 8.04. The molecule has 0 heterocycles. The minimum absolute atomic E-state index is 0.0141. The van der Waals surface area contributed by atoms with Crippen LogP contribution in [-0.2, 0) is 33.1 Å². The number of rotatable bonds is 10. The Kier molecular flexibility index (Phi) is 7.30. The molecule has 0 amide bonds. The third kappa shape index (κ3) is 5.61. The molecule has 7 nitrogen and oxygen atoms in total. The smallest absolute Gasteiger partial charge is 0.243 e. The van der Waals surface area contributed by atoms with Gasteiger partial charge in [0.05, 0.1) is 16.9 Å². The van der Waals surface area contributed by atoms with Crippen LogP contribution in [0.15, 0.2) is 82.6 Å². The highest BCUT2D eigenvalue weighted by Gasteiger charge is 2.30. The van der Waals surface area contributed by atoms with Crippen LogP contribution < -0.4 is 9.46 Å². The van der Waals surface area contributed by atoms with Gasteiger partial charge in [0, 0.05) is 29.7 Å². The molecule has 1 aliphatic carbocycles. The van der Waals surface area contributed by atoms with Gasteiger partial charge in [-0.25, -0.2) is 21.6 Å². The lowest BCUT2D eigenvalue weighted by Gasteiger charge is -2.24. The average Bonchev–Trinajstić information content (AvgIpc) is 3.63. The Morgan fingerprint density at radius 3 is 2.03 bits per heavy atom. The van der Waals surface area contributed by atoms with Gasteiger partial charge in [-0.05, 0) is 54.8 Å². The van der Waals surface area contributed by atoms with Crippen LogP contribution in [0.3, 0.4) is 0 Å². The molecule has 34 heavy (non-hydrogen) atoms. The molecule has 0 unspecified atom stereocenters. The maximum atomic E-state index is 13.7. The Labute approximate surface area is 205 Å². The third-order valence-corrected chi connectivity index (χ3v) is 9.23. The first-order valence-corrected chi connectivity index (χ1v) is 14.0. The molecule has 0 aromatic heterocycles. The first-order chi connectivity index (χ1) is 16.2. The van der Waals surface area contributed by atoms with Crippen LogP contribution in [0.2, 0.25) is 5.02 Å². The lowest BCUT2D eigenvalue weighted by Crippen LogP contribution is -2.31. The highest BCUT2D eigenvalue weighted by molar-refractivity contribution is 7.89. The highest BCUT2D eigenvalue weighted by Crippen LogP contribution is 2.28. The number of hydrogen-bond donors (Lipinski definition) is 1. The van der Waals surface area contributed by atoms with E-state index in [9.17, 15) is 16.8 Å². The van der Waals surface area contributed by atoms with Gasteiger partial charge in [-0.15, -0.1) is 0 Å². The van der Waals surface area contributed by atoms with Crippen molar-refractivity contribution in [3.8, 4) is 5.75 Å². The Morgan fingerprint density at radius 1 is 0.853 bits per heavy atom. The van der Waals surface area contributed by atoms with E-state index in [0.717, 1.165) is 12.8 Å². The molecule has 0 spiro atoms. The molecule has 1 N–H and O–H groups in total. The van der Waals surface area contributed by atoms with Gasteiger partial charge in [-0.1, -0.05) is 48.0 Å². The van der Waals surface area contributed by atoms with Crippen molar-refractivity contribution in [2.75, 3.05) is 7.11 Å².